The van der Waals surface area contributed by atoms with E-state index in [0.29, 0.717) is 12.1 Å². The number of para-hydroxylation sites is 1. The minimum atomic E-state index is 0.419. The highest BCUT2D eigenvalue weighted by molar-refractivity contribution is 5.33. The third-order valence-corrected chi connectivity index (χ3v) is 4.16. The van der Waals surface area contributed by atoms with E-state index in [4.69, 9.17) is 9.47 Å². The molecule has 1 heterocycles. The van der Waals surface area contributed by atoms with Crippen LogP contribution in [0.4, 0.5) is 0 Å². The summed E-state index contributed by atoms with van der Waals surface area (Å²) in [4.78, 5) is 0. The fourth-order valence-corrected chi connectivity index (χ4v) is 3.03. The lowest BCUT2D eigenvalue weighted by Crippen LogP contribution is -2.37. The Hall–Kier alpha value is -1.06. The zero-order chi connectivity index (χ0) is 14.9. The molecule has 2 rings (SSSR count). The molecule has 1 N–H and O–H groups in total. The van der Waals surface area contributed by atoms with Crippen LogP contribution in [0.25, 0.3) is 0 Å². The number of ether oxygens (including phenoxy) is 2. The molecule has 1 fully saturated rings. The second-order valence-corrected chi connectivity index (χ2v) is 5.89. The molecule has 118 valence electrons. The van der Waals surface area contributed by atoms with Crippen molar-refractivity contribution >= 4 is 0 Å². The van der Waals surface area contributed by atoms with Crippen LogP contribution in [-0.2, 0) is 11.2 Å². The van der Waals surface area contributed by atoms with Gasteiger partial charge in [-0.3, -0.25) is 0 Å². The lowest BCUT2D eigenvalue weighted by Gasteiger charge is -2.28. The predicted molar refractivity (Wildman–Crippen MR) is 87.0 cm³/mol. The summed E-state index contributed by atoms with van der Waals surface area (Å²) in [5, 5.41) is 3.68. The summed E-state index contributed by atoms with van der Waals surface area (Å²) in [6, 6.07) is 8.79. The Bertz CT molecular complexity index is 402. The predicted octanol–water partition coefficient (Wildman–Crippen LogP) is 3.57. The van der Waals surface area contributed by atoms with Crippen LogP contribution in [0.5, 0.6) is 5.75 Å². The van der Waals surface area contributed by atoms with Gasteiger partial charge in [0.2, 0.25) is 0 Å². The number of hydrogen-bond acceptors (Lipinski definition) is 3. The Kier molecular flexibility index (Phi) is 7.04. The maximum Gasteiger partial charge on any atom is 0.122 e. The van der Waals surface area contributed by atoms with Crippen molar-refractivity contribution in [2.45, 2.75) is 57.6 Å². The molecule has 1 aromatic rings. The lowest BCUT2D eigenvalue weighted by molar-refractivity contribution is 0.00523. The highest BCUT2D eigenvalue weighted by Gasteiger charge is 2.20. The van der Waals surface area contributed by atoms with Crippen LogP contribution in [-0.4, -0.2) is 32.4 Å². The molecule has 0 bridgehead atoms. The molecule has 1 aromatic carbocycles. The van der Waals surface area contributed by atoms with Crippen LogP contribution >= 0.6 is 0 Å². The second-order valence-electron chi connectivity index (χ2n) is 5.89. The topological polar surface area (TPSA) is 30.5 Å². The van der Waals surface area contributed by atoms with Crippen LogP contribution in [0, 0.1) is 0 Å². The Morgan fingerprint density at radius 3 is 2.90 bits per heavy atom. The highest BCUT2D eigenvalue weighted by Crippen LogP contribution is 2.23. The van der Waals surface area contributed by atoms with Crippen molar-refractivity contribution < 1.29 is 9.47 Å². The summed E-state index contributed by atoms with van der Waals surface area (Å²) in [7, 11) is 1.75. The minimum Gasteiger partial charge on any atom is -0.496 e. The molecule has 3 heteroatoms. The average Bonchev–Trinajstić information content (AvgIpc) is 2.54. The van der Waals surface area contributed by atoms with Crippen molar-refractivity contribution in [2.75, 3.05) is 20.3 Å². The molecule has 2 atom stereocenters. The average molecular weight is 291 g/mol. The molecule has 3 nitrogen and oxygen atoms in total. The van der Waals surface area contributed by atoms with Crippen molar-refractivity contribution in [1.29, 1.82) is 0 Å². The standard InChI is InChI=1S/C18H29NO2/c1-3-11-19-16(14-17-9-6-7-12-21-17)13-15-8-4-5-10-18(15)20-2/h4-5,8,10,16-17,19H,3,6-7,9,11-14H2,1-2H3. The molecule has 21 heavy (non-hydrogen) atoms. The Morgan fingerprint density at radius 2 is 2.19 bits per heavy atom. The van der Waals surface area contributed by atoms with Gasteiger partial charge in [0.1, 0.15) is 5.75 Å². The zero-order valence-electron chi connectivity index (χ0n) is 13.4. The molecule has 1 aliphatic heterocycles. The molecule has 0 aliphatic carbocycles. The van der Waals surface area contributed by atoms with Crippen LogP contribution < -0.4 is 10.1 Å². The number of hydrogen-bond donors (Lipinski definition) is 1. The molecule has 1 aliphatic rings. The van der Waals surface area contributed by atoms with E-state index in [0.717, 1.165) is 38.2 Å². The summed E-state index contributed by atoms with van der Waals surface area (Å²) in [6.45, 7) is 4.20. The van der Waals surface area contributed by atoms with E-state index in [2.05, 4.69) is 24.4 Å². The van der Waals surface area contributed by atoms with Crippen molar-refractivity contribution in [1.82, 2.24) is 5.32 Å². The van der Waals surface area contributed by atoms with Gasteiger partial charge < -0.3 is 14.8 Å². The highest BCUT2D eigenvalue weighted by atomic mass is 16.5. The van der Waals surface area contributed by atoms with E-state index in [1.165, 1.54) is 24.8 Å². The van der Waals surface area contributed by atoms with Gasteiger partial charge in [0, 0.05) is 12.6 Å². The van der Waals surface area contributed by atoms with Gasteiger partial charge in [-0.1, -0.05) is 25.1 Å². The Balaban J connectivity index is 1.97. The first-order valence-corrected chi connectivity index (χ1v) is 8.30. The minimum absolute atomic E-state index is 0.419. The third-order valence-electron chi connectivity index (χ3n) is 4.16. The van der Waals surface area contributed by atoms with Gasteiger partial charge in [0.15, 0.2) is 0 Å². The van der Waals surface area contributed by atoms with E-state index in [9.17, 15) is 0 Å². The van der Waals surface area contributed by atoms with Gasteiger partial charge in [-0.05, 0) is 56.7 Å². The number of rotatable bonds is 8. The van der Waals surface area contributed by atoms with Crippen molar-refractivity contribution in [3.63, 3.8) is 0 Å². The smallest absolute Gasteiger partial charge is 0.122 e. The molecule has 2 unspecified atom stereocenters. The lowest BCUT2D eigenvalue weighted by atomic mass is 9.96. The van der Waals surface area contributed by atoms with E-state index >= 15 is 0 Å². The van der Waals surface area contributed by atoms with Crippen molar-refractivity contribution in [3.8, 4) is 5.75 Å². The normalized spacial score (nSPS) is 20.2. The molecule has 1 saturated heterocycles. The quantitative estimate of drug-likeness (QED) is 0.794. The molecule has 0 saturated carbocycles. The van der Waals surface area contributed by atoms with E-state index in [-0.39, 0.29) is 0 Å². The van der Waals surface area contributed by atoms with Gasteiger partial charge in [-0.15, -0.1) is 0 Å². The van der Waals surface area contributed by atoms with Gasteiger partial charge in [0.05, 0.1) is 13.2 Å². The Labute approximate surface area is 129 Å². The number of benzene rings is 1. The van der Waals surface area contributed by atoms with Gasteiger partial charge in [0.25, 0.3) is 0 Å². The maximum atomic E-state index is 5.91. The summed E-state index contributed by atoms with van der Waals surface area (Å²) in [6.07, 6.45) is 7.41. The van der Waals surface area contributed by atoms with E-state index < -0.39 is 0 Å². The van der Waals surface area contributed by atoms with Crippen LogP contribution in [0.3, 0.4) is 0 Å². The first kappa shape index (κ1) is 16.3. The van der Waals surface area contributed by atoms with Gasteiger partial charge >= 0.3 is 0 Å². The van der Waals surface area contributed by atoms with Crippen LogP contribution in [0.15, 0.2) is 24.3 Å². The summed E-state index contributed by atoms with van der Waals surface area (Å²) < 4.78 is 11.4. The monoisotopic (exact) mass is 291 g/mol. The zero-order valence-corrected chi connectivity index (χ0v) is 13.4. The van der Waals surface area contributed by atoms with E-state index in [1.54, 1.807) is 7.11 Å². The van der Waals surface area contributed by atoms with Gasteiger partial charge in [-0.25, -0.2) is 0 Å². The molecule has 0 amide bonds. The largest absolute Gasteiger partial charge is 0.496 e. The molecule has 0 spiro atoms. The van der Waals surface area contributed by atoms with Crippen LogP contribution in [0.1, 0.15) is 44.6 Å². The van der Waals surface area contributed by atoms with Crippen LogP contribution in [0.2, 0.25) is 0 Å². The van der Waals surface area contributed by atoms with Crippen molar-refractivity contribution in [2.24, 2.45) is 0 Å². The van der Waals surface area contributed by atoms with E-state index in [1.807, 2.05) is 12.1 Å². The van der Waals surface area contributed by atoms with Crippen molar-refractivity contribution in [3.05, 3.63) is 29.8 Å². The Morgan fingerprint density at radius 1 is 1.33 bits per heavy atom. The first-order chi connectivity index (χ1) is 10.3. The molecular formula is C18H29NO2. The van der Waals surface area contributed by atoms with Gasteiger partial charge in [-0.2, -0.15) is 0 Å². The second kappa shape index (κ2) is 9.06. The fraction of sp³-hybridized carbons (Fsp3) is 0.667. The first-order valence-electron chi connectivity index (χ1n) is 8.30. The number of nitrogens with one attached hydrogen (secondary N) is 1. The third kappa shape index (κ3) is 5.33. The number of methoxy groups -OCH3 is 1. The summed E-state index contributed by atoms with van der Waals surface area (Å²) in [5.74, 6) is 0.991. The maximum absolute atomic E-state index is 5.91. The fourth-order valence-electron chi connectivity index (χ4n) is 3.03. The molecular weight excluding hydrogens is 262 g/mol. The summed E-state index contributed by atoms with van der Waals surface area (Å²) in [5.41, 5.74) is 1.28. The molecule has 0 aromatic heterocycles. The SMILES string of the molecule is CCCNC(Cc1ccccc1OC)CC1CCCCO1. The summed E-state index contributed by atoms with van der Waals surface area (Å²) >= 11 is 0. The molecule has 0 radical (unpaired) electrons.